The highest BCUT2D eigenvalue weighted by atomic mass is 32.2. The first kappa shape index (κ1) is 24.5. The van der Waals surface area contributed by atoms with Gasteiger partial charge in [0.25, 0.3) is 0 Å². The first-order valence-corrected chi connectivity index (χ1v) is 11.2. The number of aromatic nitrogens is 1. The Kier molecular flexibility index (Phi) is 7.91. The lowest BCUT2D eigenvalue weighted by atomic mass is 10.1. The molecular formula is C23H24FNO7S. The van der Waals surface area contributed by atoms with Crippen molar-refractivity contribution in [2.24, 2.45) is 0 Å². The summed E-state index contributed by atoms with van der Waals surface area (Å²) in [5.41, 5.74) is 1.000. The molecule has 176 valence electrons. The summed E-state index contributed by atoms with van der Waals surface area (Å²) in [5.74, 6) is -1.54. The fraction of sp³-hybridized carbons (Fsp3) is 0.391. The lowest BCUT2D eigenvalue weighted by molar-refractivity contribution is -0.186. The van der Waals surface area contributed by atoms with Crippen molar-refractivity contribution in [1.29, 1.82) is 0 Å². The SMILES string of the molecule is CC(=O)O[C@H]1[C@H](OC(C)=O)CSC(Oc2cncc(-c3ccc(C)c(F)c3)c2)[C@@H]1OC(C)=O. The smallest absolute Gasteiger partial charge is 0.303 e. The van der Waals surface area contributed by atoms with Gasteiger partial charge in [0.1, 0.15) is 11.6 Å². The Hall–Kier alpha value is -3.14. The summed E-state index contributed by atoms with van der Waals surface area (Å²) in [7, 11) is 0. The number of carbonyl (C=O) groups is 3. The van der Waals surface area contributed by atoms with Gasteiger partial charge in [0, 0.05) is 38.3 Å². The maximum atomic E-state index is 14.0. The third-order valence-electron chi connectivity index (χ3n) is 4.78. The third-order valence-corrected chi connectivity index (χ3v) is 5.99. The van der Waals surface area contributed by atoms with Crippen molar-refractivity contribution < 1.29 is 37.7 Å². The van der Waals surface area contributed by atoms with Crippen LogP contribution in [0.2, 0.25) is 0 Å². The largest absolute Gasteiger partial charge is 0.474 e. The zero-order valence-electron chi connectivity index (χ0n) is 18.6. The number of nitrogens with zero attached hydrogens (tertiary/aromatic N) is 1. The predicted molar refractivity (Wildman–Crippen MR) is 118 cm³/mol. The van der Waals surface area contributed by atoms with E-state index in [0.717, 1.165) is 0 Å². The number of halogens is 1. The molecule has 0 spiro atoms. The van der Waals surface area contributed by atoms with Gasteiger partial charge in [-0.05, 0) is 30.2 Å². The topological polar surface area (TPSA) is 101 Å². The minimum atomic E-state index is -1.05. The highest BCUT2D eigenvalue weighted by Gasteiger charge is 2.47. The first-order valence-electron chi connectivity index (χ1n) is 10.2. The molecule has 8 nitrogen and oxygen atoms in total. The van der Waals surface area contributed by atoms with E-state index in [0.29, 0.717) is 22.4 Å². The molecular weight excluding hydrogens is 453 g/mol. The first-order chi connectivity index (χ1) is 15.6. The number of thioether (sulfide) groups is 1. The maximum absolute atomic E-state index is 14.0. The minimum Gasteiger partial charge on any atom is -0.474 e. The van der Waals surface area contributed by atoms with Crippen molar-refractivity contribution in [2.45, 2.75) is 51.4 Å². The molecule has 1 saturated heterocycles. The van der Waals surface area contributed by atoms with Crippen molar-refractivity contribution in [3.63, 3.8) is 0 Å². The number of rotatable bonds is 6. The molecule has 1 aliphatic rings. The standard InChI is InChI=1S/C23H24FNO7S/c1-12-5-6-16(8-19(12)24)17-7-18(10-25-9-17)32-23-22(31-15(4)28)21(30-14(3)27)20(11-33-23)29-13(2)26/h5-10,20-23H,11H2,1-4H3/t20-,21+,22-,23?/m1/s1. The molecule has 0 aliphatic carbocycles. The Morgan fingerprint density at radius 2 is 1.61 bits per heavy atom. The van der Waals surface area contributed by atoms with Crippen LogP contribution in [0.4, 0.5) is 4.39 Å². The van der Waals surface area contributed by atoms with E-state index in [4.69, 9.17) is 18.9 Å². The van der Waals surface area contributed by atoms with Gasteiger partial charge in [-0.3, -0.25) is 19.4 Å². The van der Waals surface area contributed by atoms with Gasteiger partial charge in [-0.2, -0.15) is 0 Å². The zero-order valence-corrected chi connectivity index (χ0v) is 19.4. The molecule has 1 fully saturated rings. The van der Waals surface area contributed by atoms with Crippen LogP contribution in [0.3, 0.4) is 0 Å². The van der Waals surface area contributed by atoms with E-state index < -0.39 is 41.7 Å². The average Bonchev–Trinajstić information content (AvgIpc) is 2.73. The molecule has 2 aromatic rings. The number of esters is 3. The summed E-state index contributed by atoms with van der Waals surface area (Å²) in [5, 5.41) is 0. The molecule has 1 aliphatic heterocycles. The van der Waals surface area contributed by atoms with E-state index >= 15 is 0 Å². The number of hydrogen-bond donors (Lipinski definition) is 0. The molecule has 0 N–H and O–H groups in total. The van der Waals surface area contributed by atoms with Gasteiger partial charge < -0.3 is 18.9 Å². The third kappa shape index (κ3) is 6.44. The second-order valence-electron chi connectivity index (χ2n) is 7.49. The zero-order chi connectivity index (χ0) is 24.1. The molecule has 0 saturated carbocycles. The second-order valence-corrected chi connectivity index (χ2v) is 8.62. The molecule has 10 heteroatoms. The molecule has 1 unspecified atom stereocenters. The van der Waals surface area contributed by atoms with Crippen LogP contribution < -0.4 is 4.74 Å². The van der Waals surface area contributed by atoms with Crippen LogP contribution in [0, 0.1) is 12.7 Å². The highest BCUT2D eigenvalue weighted by molar-refractivity contribution is 7.99. The quantitative estimate of drug-likeness (QED) is 0.457. The van der Waals surface area contributed by atoms with Crippen LogP contribution in [0.1, 0.15) is 26.3 Å². The fourth-order valence-electron chi connectivity index (χ4n) is 3.36. The summed E-state index contributed by atoms with van der Waals surface area (Å²) in [6, 6.07) is 6.54. The number of benzene rings is 1. The monoisotopic (exact) mass is 477 g/mol. The highest BCUT2D eigenvalue weighted by Crippen LogP contribution is 2.35. The summed E-state index contributed by atoms with van der Waals surface area (Å²) in [6.07, 6.45) is 0.130. The summed E-state index contributed by atoms with van der Waals surface area (Å²) >= 11 is 1.24. The summed E-state index contributed by atoms with van der Waals surface area (Å²) in [4.78, 5) is 39.2. The lowest BCUT2D eigenvalue weighted by Gasteiger charge is -2.39. The van der Waals surface area contributed by atoms with Crippen molar-refractivity contribution in [3.8, 4) is 16.9 Å². The Bertz CT molecular complexity index is 1050. The molecule has 2 heterocycles. The van der Waals surface area contributed by atoms with E-state index in [1.807, 2.05) is 0 Å². The van der Waals surface area contributed by atoms with E-state index in [2.05, 4.69) is 4.98 Å². The molecule has 33 heavy (non-hydrogen) atoms. The minimum absolute atomic E-state index is 0.246. The van der Waals surface area contributed by atoms with Gasteiger partial charge in [-0.25, -0.2) is 4.39 Å². The van der Waals surface area contributed by atoms with Crippen LogP contribution in [0.25, 0.3) is 11.1 Å². The Labute approximate surface area is 194 Å². The summed E-state index contributed by atoms with van der Waals surface area (Å²) < 4.78 is 36.1. The Balaban J connectivity index is 1.87. The normalized spacial score (nSPS) is 22.2. The van der Waals surface area contributed by atoms with Gasteiger partial charge >= 0.3 is 17.9 Å². The van der Waals surface area contributed by atoms with Crippen molar-refractivity contribution in [1.82, 2.24) is 4.98 Å². The maximum Gasteiger partial charge on any atom is 0.303 e. The van der Waals surface area contributed by atoms with Gasteiger partial charge in [0.05, 0.1) is 6.20 Å². The van der Waals surface area contributed by atoms with Crippen LogP contribution in [-0.2, 0) is 28.6 Å². The van der Waals surface area contributed by atoms with E-state index in [-0.39, 0.29) is 11.6 Å². The number of carbonyl (C=O) groups excluding carboxylic acids is 3. The van der Waals surface area contributed by atoms with E-state index in [1.165, 1.54) is 44.8 Å². The van der Waals surface area contributed by atoms with E-state index in [1.54, 1.807) is 31.3 Å². The average molecular weight is 478 g/mol. The van der Waals surface area contributed by atoms with Gasteiger partial charge in [0.15, 0.2) is 23.7 Å². The van der Waals surface area contributed by atoms with Crippen molar-refractivity contribution >= 4 is 29.7 Å². The molecule has 3 rings (SSSR count). The molecule has 0 bridgehead atoms. The number of hydrogen-bond acceptors (Lipinski definition) is 9. The lowest BCUT2D eigenvalue weighted by Crippen LogP contribution is -2.55. The Morgan fingerprint density at radius 3 is 2.24 bits per heavy atom. The van der Waals surface area contributed by atoms with Crippen molar-refractivity contribution in [2.75, 3.05) is 5.75 Å². The fourth-order valence-corrected chi connectivity index (χ4v) is 4.57. The van der Waals surface area contributed by atoms with Crippen molar-refractivity contribution in [3.05, 3.63) is 48.0 Å². The molecule has 1 aromatic heterocycles. The van der Waals surface area contributed by atoms with Crippen LogP contribution >= 0.6 is 11.8 Å². The Morgan fingerprint density at radius 1 is 0.939 bits per heavy atom. The summed E-state index contributed by atoms with van der Waals surface area (Å²) in [6.45, 7) is 5.34. The number of aryl methyl sites for hydroxylation is 1. The van der Waals surface area contributed by atoms with Gasteiger partial charge in [-0.1, -0.05) is 12.1 Å². The van der Waals surface area contributed by atoms with Gasteiger partial charge in [-0.15, -0.1) is 11.8 Å². The molecule has 4 atom stereocenters. The number of pyridine rings is 1. The van der Waals surface area contributed by atoms with Gasteiger partial charge in [0.2, 0.25) is 0 Å². The second kappa shape index (κ2) is 10.7. The van der Waals surface area contributed by atoms with Crippen LogP contribution in [-0.4, -0.2) is 52.4 Å². The molecule has 1 aromatic carbocycles. The van der Waals surface area contributed by atoms with Crippen LogP contribution in [0.15, 0.2) is 36.7 Å². The molecule has 0 radical (unpaired) electrons. The predicted octanol–water partition coefficient (Wildman–Crippen LogP) is 3.44. The number of ether oxygens (including phenoxy) is 4. The molecule has 0 amide bonds. The van der Waals surface area contributed by atoms with Crippen LogP contribution in [0.5, 0.6) is 5.75 Å². The van der Waals surface area contributed by atoms with E-state index in [9.17, 15) is 18.8 Å².